The van der Waals surface area contributed by atoms with E-state index in [-0.39, 0.29) is 6.04 Å². The minimum absolute atomic E-state index is 0.264. The third kappa shape index (κ3) is 2.36. The van der Waals surface area contributed by atoms with Crippen molar-refractivity contribution in [2.24, 2.45) is 22.7 Å². The van der Waals surface area contributed by atoms with Crippen LogP contribution in [0.25, 0.3) is 0 Å². The number of hydrogen-bond donors (Lipinski definition) is 1. The second kappa shape index (κ2) is 4.17. The molecule has 15 heavy (non-hydrogen) atoms. The monoisotopic (exact) mass is 226 g/mol. The molecule has 0 radical (unpaired) electrons. The molecule has 1 fully saturated rings. The van der Waals surface area contributed by atoms with E-state index in [4.69, 9.17) is 11.6 Å². The van der Waals surface area contributed by atoms with Gasteiger partial charge in [0.25, 0.3) is 0 Å². The van der Waals surface area contributed by atoms with Gasteiger partial charge in [-0.05, 0) is 24.7 Å². The van der Waals surface area contributed by atoms with Crippen LogP contribution in [0.15, 0.2) is 16.2 Å². The summed E-state index contributed by atoms with van der Waals surface area (Å²) in [7, 11) is 0. The molecule has 2 aliphatic rings. The summed E-state index contributed by atoms with van der Waals surface area (Å²) in [6.45, 7) is 6.71. The molecule has 0 aromatic carbocycles. The van der Waals surface area contributed by atoms with Gasteiger partial charge in [-0.3, -0.25) is 0 Å². The molecule has 2 atom stereocenters. The van der Waals surface area contributed by atoms with Crippen molar-refractivity contribution in [1.29, 1.82) is 0 Å². The minimum atomic E-state index is 0.264. The van der Waals surface area contributed by atoms with E-state index in [2.05, 4.69) is 31.1 Å². The second-order valence-corrected chi connectivity index (χ2v) is 5.46. The molecule has 3 heteroatoms. The quantitative estimate of drug-likeness (QED) is 0.786. The van der Waals surface area contributed by atoms with E-state index < -0.39 is 0 Å². The van der Waals surface area contributed by atoms with Crippen LogP contribution in [-0.4, -0.2) is 11.9 Å². The summed E-state index contributed by atoms with van der Waals surface area (Å²) in [6.07, 6.45) is 4.38. The Morgan fingerprint density at radius 3 is 2.60 bits per heavy atom. The van der Waals surface area contributed by atoms with E-state index in [9.17, 15) is 0 Å². The van der Waals surface area contributed by atoms with E-state index in [0.717, 1.165) is 10.9 Å². The van der Waals surface area contributed by atoms with Crippen LogP contribution in [0.5, 0.6) is 0 Å². The first-order valence-electron chi connectivity index (χ1n) is 5.79. The van der Waals surface area contributed by atoms with Gasteiger partial charge in [0.2, 0.25) is 0 Å². The summed E-state index contributed by atoms with van der Waals surface area (Å²) in [5.74, 6) is 2.99. The van der Waals surface area contributed by atoms with Crippen LogP contribution >= 0.6 is 11.6 Å². The number of hydrogen-bond acceptors (Lipinski definition) is 2. The minimum Gasteiger partial charge on any atom is -0.365 e. The van der Waals surface area contributed by atoms with E-state index >= 15 is 0 Å². The molecule has 1 N–H and O–H groups in total. The SMILES string of the molecule is CC(C)C(C)C1NC(C2CC2)=NC=C1Cl. The van der Waals surface area contributed by atoms with Crippen molar-refractivity contribution in [3.8, 4) is 0 Å². The van der Waals surface area contributed by atoms with Gasteiger partial charge in [0.15, 0.2) is 0 Å². The van der Waals surface area contributed by atoms with Crippen molar-refractivity contribution in [2.45, 2.75) is 39.7 Å². The van der Waals surface area contributed by atoms with Gasteiger partial charge in [0.1, 0.15) is 5.84 Å². The number of rotatable bonds is 3. The summed E-state index contributed by atoms with van der Waals surface area (Å²) >= 11 is 6.20. The summed E-state index contributed by atoms with van der Waals surface area (Å²) in [5.41, 5.74) is 0. The predicted octanol–water partition coefficient (Wildman–Crippen LogP) is 3.14. The van der Waals surface area contributed by atoms with Crippen molar-refractivity contribution in [3.05, 3.63) is 11.2 Å². The molecule has 2 unspecified atom stereocenters. The molecule has 1 saturated carbocycles. The van der Waals surface area contributed by atoms with Crippen LogP contribution < -0.4 is 5.32 Å². The van der Waals surface area contributed by atoms with Gasteiger partial charge in [0, 0.05) is 12.1 Å². The zero-order chi connectivity index (χ0) is 11.0. The highest BCUT2D eigenvalue weighted by molar-refractivity contribution is 6.30. The predicted molar refractivity (Wildman–Crippen MR) is 65.0 cm³/mol. The Bertz CT molecular complexity index is 303. The van der Waals surface area contributed by atoms with Crippen molar-refractivity contribution in [3.63, 3.8) is 0 Å². The Morgan fingerprint density at radius 1 is 1.40 bits per heavy atom. The van der Waals surface area contributed by atoms with E-state index in [1.165, 1.54) is 12.8 Å². The molecule has 1 heterocycles. The molecule has 0 bridgehead atoms. The summed E-state index contributed by atoms with van der Waals surface area (Å²) in [6, 6.07) is 0.264. The Morgan fingerprint density at radius 2 is 2.07 bits per heavy atom. The molecule has 1 aliphatic heterocycles. The highest BCUT2D eigenvalue weighted by atomic mass is 35.5. The first kappa shape index (κ1) is 11.0. The highest BCUT2D eigenvalue weighted by Gasteiger charge is 2.33. The standard InChI is InChI=1S/C12H19ClN2/c1-7(2)8(3)11-10(13)6-14-12(15-11)9-4-5-9/h6-9,11H,4-5H2,1-3H3,(H,14,15). The third-order valence-electron chi connectivity index (χ3n) is 3.47. The summed E-state index contributed by atoms with van der Waals surface area (Å²) < 4.78 is 0. The molecule has 1 aliphatic carbocycles. The van der Waals surface area contributed by atoms with Crippen LogP contribution in [0, 0.1) is 17.8 Å². The average molecular weight is 227 g/mol. The van der Waals surface area contributed by atoms with E-state index in [1.54, 1.807) is 0 Å². The second-order valence-electron chi connectivity index (χ2n) is 5.03. The highest BCUT2D eigenvalue weighted by Crippen LogP contribution is 2.33. The van der Waals surface area contributed by atoms with Crippen LogP contribution in [0.2, 0.25) is 0 Å². The summed E-state index contributed by atoms with van der Waals surface area (Å²) in [4.78, 5) is 4.38. The van der Waals surface area contributed by atoms with Gasteiger partial charge in [-0.15, -0.1) is 0 Å². The lowest BCUT2D eigenvalue weighted by atomic mass is 9.89. The fourth-order valence-electron chi connectivity index (χ4n) is 1.82. The molecule has 2 rings (SSSR count). The van der Waals surface area contributed by atoms with E-state index in [1.807, 2.05) is 6.20 Å². The van der Waals surface area contributed by atoms with Gasteiger partial charge in [0.05, 0.1) is 11.1 Å². The summed E-state index contributed by atoms with van der Waals surface area (Å²) in [5, 5.41) is 4.34. The smallest absolute Gasteiger partial charge is 0.105 e. The molecule has 0 spiro atoms. The topological polar surface area (TPSA) is 24.4 Å². The Kier molecular flexibility index (Phi) is 3.06. The van der Waals surface area contributed by atoms with E-state index in [0.29, 0.717) is 17.8 Å². The maximum atomic E-state index is 6.20. The van der Waals surface area contributed by atoms with Gasteiger partial charge in [-0.1, -0.05) is 32.4 Å². The lowest BCUT2D eigenvalue weighted by molar-refractivity contribution is 0.358. The fourth-order valence-corrected chi connectivity index (χ4v) is 2.13. The van der Waals surface area contributed by atoms with Crippen molar-refractivity contribution >= 4 is 17.4 Å². The molecule has 2 nitrogen and oxygen atoms in total. The number of amidine groups is 1. The Labute approximate surface area is 96.8 Å². The molecule has 0 amide bonds. The van der Waals surface area contributed by atoms with Crippen LogP contribution in [0.1, 0.15) is 33.6 Å². The maximum absolute atomic E-state index is 6.20. The molecule has 84 valence electrons. The zero-order valence-corrected chi connectivity index (χ0v) is 10.4. The number of nitrogens with one attached hydrogen (secondary N) is 1. The largest absolute Gasteiger partial charge is 0.365 e. The molecular formula is C12H19ClN2. The zero-order valence-electron chi connectivity index (χ0n) is 9.63. The number of halogens is 1. The van der Waals surface area contributed by atoms with Crippen LogP contribution in [0.4, 0.5) is 0 Å². The van der Waals surface area contributed by atoms with Crippen molar-refractivity contribution in [1.82, 2.24) is 5.32 Å². The fraction of sp³-hybridized carbons (Fsp3) is 0.750. The van der Waals surface area contributed by atoms with Crippen molar-refractivity contribution < 1.29 is 0 Å². The molecule has 0 aromatic rings. The average Bonchev–Trinajstić information content (AvgIpc) is 3.01. The first-order chi connectivity index (χ1) is 7.09. The van der Waals surface area contributed by atoms with Gasteiger partial charge < -0.3 is 5.32 Å². The van der Waals surface area contributed by atoms with Gasteiger partial charge in [-0.2, -0.15) is 0 Å². The maximum Gasteiger partial charge on any atom is 0.105 e. The molecule has 0 saturated heterocycles. The lowest BCUT2D eigenvalue weighted by Crippen LogP contribution is -2.43. The Balaban J connectivity index is 2.08. The molecular weight excluding hydrogens is 208 g/mol. The normalized spacial score (nSPS) is 28.2. The van der Waals surface area contributed by atoms with Gasteiger partial charge >= 0.3 is 0 Å². The van der Waals surface area contributed by atoms with Gasteiger partial charge in [-0.25, -0.2) is 4.99 Å². The number of nitrogens with zero attached hydrogens (tertiary/aromatic N) is 1. The van der Waals surface area contributed by atoms with Crippen LogP contribution in [0.3, 0.4) is 0 Å². The third-order valence-corrected chi connectivity index (χ3v) is 3.80. The molecule has 0 aromatic heterocycles. The first-order valence-corrected chi connectivity index (χ1v) is 6.17. The van der Waals surface area contributed by atoms with Crippen molar-refractivity contribution in [2.75, 3.05) is 0 Å². The lowest BCUT2D eigenvalue weighted by Gasteiger charge is -2.30. The number of aliphatic imine (C=N–C) groups is 1. The van der Waals surface area contributed by atoms with Crippen LogP contribution in [-0.2, 0) is 0 Å². The Hall–Kier alpha value is -0.500.